The molecular weight excluding hydrogens is 295 g/mol. The number of nitriles is 1. The van der Waals surface area contributed by atoms with Gasteiger partial charge in [0.2, 0.25) is 0 Å². The van der Waals surface area contributed by atoms with E-state index in [0.29, 0.717) is 0 Å². The molecule has 0 unspecified atom stereocenters. The number of ether oxygens (including phenoxy) is 1. The smallest absolute Gasteiger partial charge is 0.446 e. The SMILES string of the molecule is CCOC(=O)c1c(CO)cc(C#N)cc1SC(F)(F)F. The summed E-state index contributed by atoms with van der Waals surface area (Å²) >= 11 is -0.522. The first-order valence-corrected chi connectivity index (χ1v) is 6.24. The van der Waals surface area contributed by atoms with Crippen LogP contribution in [0.5, 0.6) is 0 Å². The summed E-state index contributed by atoms with van der Waals surface area (Å²) < 4.78 is 42.2. The molecule has 0 saturated heterocycles. The number of rotatable bonds is 4. The highest BCUT2D eigenvalue weighted by Crippen LogP contribution is 2.40. The highest BCUT2D eigenvalue weighted by atomic mass is 32.2. The first kappa shape index (κ1) is 16.3. The number of hydrogen-bond acceptors (Lipinski definition) is 5. The van der Waals surface area contributed by atoms with Crippen LogP contribution in [-0.2, 0) is 11.3 Å². The largest absolute Gasteiger partial charge is 0.462 e. The minimum atomic E-state index is -4.62. The molecule has 1 N–H and O–H groups in total. The van der Waals surface area contributed by atoms with E-state index in [2.05, 4.69) is 4.74 Å². The lowest BCUT2D eigenvalue weighted by Gasteiger charge is -2.14. The summed E-state index contributed by atoms with van der Waals surface area (Å²) in [5.74, 6) is -0.965. The number of halogens is 3. The first-order valence-electron chi connectivity index (χ1n) is 5.43. The summed E-state index contributed by atoms with van der Waals surface area (Å²) in [5, 5.41) is 17.9. The summed E-state index contributed by atoms with van der Waals surface area (Å²) in [6.07, 6.45) is 0. The van der Waals surface area contributed by atoms with Gasteiger partial charge in [-0.05, 0) is 36.4 Å². The van der Waals surface area contributed by atoms with E-state index in [4.69, 9.17) is 5.26 Å². The van der Waals surface area contributed by atoms with Crippen LogP contribution < -0.4 is 0 Å². The van der Waals surface area contributed by atoms with E-state index in [1.54, 1.807) is 6.07 Å². The predicted molar refractivity (Wildman–Crippen MR) is 64.9 cm³/mol. The van der Waals surface area contributed by atoms with Gasteiger partial charge in [0.25, 0.3) is 0 Å². The summed E-state index contributed by atoms with van der Waals surface area (Å²) in [6, 6.07) is 3.79. The van der Waals surface area contributed by atoms with E-state index < -0.39 is 34.7 Å². The zero-order valence-electron chi connectivity index (χ0n) is 10.3. The van der Waals surface area contributed by atoms with Crippen LogP contribution in [0, 0.1) is 11.3 Å². The fraction of sp³-hybridized carbons (Fsp3) is 0.333. The van der Waals surface area contributed by atoms with Gasteiger partial charge in [0.05, 0.1) is 30.4 Å². The average molecular weight is 305 g/mol. The Hall–Kier alpha value is -1.72. The molecule has 0 radical (unpaired) electrons. The molecule has 0 aliphatic heterocycles. The topological polar surface area (TPSA) is 70.3 Å². The zero-order chi connectivity index (χ0) is 15.3. The number of alkyl halides is 3. The lowest BCUT2D eigenvalue weighted by Crippen LogP contribution is -2.12. The van der Waals surface area contributed by atoms with Gasteiger partial charge in [-0.15, -0.1) is 0 Å². The van der Waals surface area contributed by atoms with Crippen LogP contribution in [0.15, 0.2) is 17.0 Å². The van der Waals surface area contributed by atoms with Gasteiger partial charge in [0.15, 0.2) is 0 Å². The number of nitrogens with zero attached hydrogens (tertiary/aromatic N) is 1. The molecule has 20 heavy (non-hydrogen) atoms. The third-order valence-corrected chi connectivity index (χ3v) is 2.96. The first-order chi connectivity index (χ1) is 9.32. The molecule has 0 amide bonds. The normalized spacial score (nSPS) is 11.0. The van der Waals surface area contributed by atoms with Crippen molar-refractivity contribution in [2.45, 2.75) is 23.9 Å². The van der Waals surface area contributed by atoms with Crippen LogP contribution in [0.25, 0.3) is 0 Å². The second kappa shape index (κ2) is 6.63. The number of carbonyl (C=O) groups is 1. The monoisotopic (exact) mass is 305 g/mol. The summed E-state index contributed by atoms with van der Waals surface area (Å²) in [6.45, 7) is 0.825. The van der Waals surface area contributed by atoms with Crippen LogP contribution in [-0.4, -0.2) is 23.2 Å². The van der Waals surface area contributed by atoms with Crippen LogP contribution >= 0.6 is 11.8 Å². The number of aliphatic hydroxyl groups is 1. The van der Waals surface area contributed by atoms with Crippen molar-refractivity contribution in [1.82, 2.24) is 0 Å². The fourth-order valence-corrected chi connectivity index (χ4v) is 2.25. The summed E-state index contributed by atoms with van der Waals surface area (Å²) in [7, 11) is 0. The number of benzene rings is 1. The van der Waals surface area contributed by atoms with Crippen molar-refractivity contribution in [2.24, 2.45) is 0 Å². The maximum absolute atomic E-state index is 12.5. The maximum atomic E-state index is 12.5. The Bertz CT molecular complexity index is 552. The number of esters is 1. The van der Waals surface area contributed by atoms with E-state index in [9.17, 15) is 23.1 Å². The van der Waals surface area contributed by atoms with Crippen molar-refractivity contribution in [3.05, 3.63) is 28.8 Å². The molecule has 1 aromatic carbocycles. The van der Waals surface area contributed by atoms with Gasteiger partial charge >= 0.3 is 11.5 Å². The van der Waals surface area contributed by atoms with Gasteiger partial charge in [-0.2, -0.15) is 18.4 Å². The number of carbonyl (C=O) groups excluding carboxylic acids is 1. The summed E-state index contributed by atoms with van der Waals surface area (Å²) in [5.41, 5.74) is -5.14. The van der Waals surface area contributed by atoms with E-state index in [1.165, 1.54) is 6.92 Å². The van der Waals surface area contributed by atoms with Crippen molar-refractivity contribution in [1.29, 1.82) is 5.26 Å². The van der Waals surface area contributed by atoms with E-state index in [1.807, 2.05) is 0 Å². The van der Waals surface area contributed by atoms with Gasteiger partial charge in [-0.3, -0.25) is 0 Å². The quantitative estimate of drug-likeness (QED) is 0.684. The molecular formula is C12H10F3NO3S. The van der Waals surface area contributed by atoms with Gasteiger partial charge in [0, 0.05) is 4.90 Å². The molecule has 0 saturated carbocycles. The molecule has 8 heteroatoms. The molecule has 0 bridgehead atoms. The number of hydrogen-bond donors (Lipinski definition) is 1. The van der Waals surface area contributed by atoms with Crippen molar-refractivity contribution >= 4 is 17.7 Å². The molecule has 0 atom stereocenters. The maximum Gasteiger partial charge on any atom is 0.446 e. The fourth-order valence-electron chi connectivity index (χ4n) is 1.50. The molecule has 0 aromatic heterocycles. The van der Waals surface area contributed by atoms with Gasteiger partial charge in [0.1, 0.15) is 0 Å². The molecule has 1 aromatic rings. The van der Waals surface area contributed by atoms with Gasteiger partial charge in [-0.1, -0.05) is 0 Å². The molecule has 0 heterocycles. The third kappa shape index (κ3) is 4.15. The minimum Gasteiger partial charge on any atom is -0.462 e. The molecule has 0 aliphatic rings. The highest BCUT2D eigenvalue weighted by molar-refractivity contribution is 8.00. The van der Waals surface area contributed by atoms with Crippen LogP contribution in [0.1, 0.15) is 28.4 Å². The molecule has 0 aliphatic carbocycles. The molecule has 0 spiro atoms. The second-order valence-electron chi connectivity index (χ2n) is 3.55. The van der Waals surface area contributed by atoms with E-state index >= 15 is 0 Å². The van der Waals surface area contributed by atoms with Crippen LogP contribution in [0.4, 0.5) is 13.2 Å². The Morgan fingerprint density at radius 3 is 2.60 bits per heavy atom. The number of aliphatic hydroxyl groups excluding tert-OH is 1. The molecule has 0 fully saturated rings. The van der Waals surface area contributed by atoms with E-state index in [0.717, 1.165) is 12.1 Å². The van der Waals surface area contributed by atoms with Crippen molar-refractivity contribution in [2.75, 3.05) is 6.61 Å². The molecule has 4 nitrogen and oxygen atoms in total. The Kier molecular flexibility index (Phi) is 5.42. The molecule has 108 valence electrons. The predicted octanol–water partition coefficient (Wildman–Crippen LogP) is 2.84. The van der Waals surface area contributed by atoms with E-state index in [-0.39, 0.29) is 23.3 Å². The molecule has 1 rings (SSSR count). The van der Waals surface area contributed by atoms with Crippen LogP contribution in [0.2, 0.25) is 0 Å². The van der Waals surface area contributed by atoms with Crippen molar-refractivity contribution < 1.29 is 27.8 Å². The Balaban J connectivity index is 3.43. The second-order valence-corrected chi connectivity index (χ2v) is 4.65. The zero-order valence-corrected chi connectivity index (χ0v) is 11.1. The number of thioether (sulfide) groups is 1. The minimum absolute atomic E-state index is 0.0141. The highest BCUT2D eigenvalue weighted by Gasteiger charge is 2.33. The third-order valence-electron chi connectivity index (χ3n) is 2.19. The van der Waals surface area contributed by atoms with Crippen molar-refractivity contribution in [3.8, 4) is 6.07 Å². The summed E-state index contributed by atoms with van der Waals surface area (Å²) in [4.78, 5) is 11.3. The Morgan fingerprint density at radius 1 is 1.50 bits per heavy atom. The lowest BCUT2D eigenvalue weighted by atomic mass is 10.0. The van der Waals surface area contributed by atoms with Gasteiger partial charge < -0.3 is 9.84 Å². The van der Waals surface area contributed by atoms with Crippen molar-refractivity contribution in [3.63, 3.8) is 0 Å². The Morgan fingerprint density at radius 2 is 2.15 bits per heavy atom. The van der Waals surface area contributed by atoms with Crippen LogP contribution in [0.3, 0.4) is 0 Å². The average Bonchev–Trinajstić information content (AvgIpc) is 2.35. The van der Waals surface area contributed by atoms with Gasteiger partial charge in [-0.25, -0.2) is 4.79 Å². The Labute approximate surface area is 117 Å². The lowest BCUT2D eigenvalue weighted by molar-refractivity contribution is -0.0328. The standard InChI is InChI=1S/C12H10F3NO3S/c1-2-19-11(18)10-8(6-17)3-7(5-16)4-9(10)20-12(13,14)15/h3-4,17H,2,6H2,1H3.